The van der Waals surface area contributed by atoms with E-state index >= 15 is 0 Å². The number of hydrogen-bond acceptors (Lipinski definition) is 10. The number of fused-ring (bicyclic) bond motifs is 1. The lowest BCUT2D eigenvalue weighted by molar-refractivity contribution is -0.147. The molecule has 0 saturated carbocycles. The van der Waals surface area contributed by atoms with Crippen molar-refractivity contribution < 1.29 is 45.9 Å². The van der Waals surface area contributed by atoms with Crippen LogP contribution in [0.2, 0.25) is 0 Å². The first-order valence-electron chi connectivity index (χ1n) is 18.1. The molecule has 6 amide bonds. The molecule has 1 aromatic heterocycles. The van der Waals surface area contributed by atoms with Gasteiger partial charge in [-0.1, -0.05) is 60.7 Å². The maximum atomic E-state index is 13.8. The first kappa shape index (κ1) is 42.4. The first-order valence-corrected chi connectivity index (χ1v) is 20.9. The molecule has 0 spiro atoms. The van der Waals surface area contributed by atoms with E-state index in [2.05, 4.69) is 30.4 Å². The fourth-order valence-electron chi connectivity index (χ4n) is 6.40. The number of likely N-dealkylation sites (tertiary alicyclic amines) is 1. The van der Waals surface area contributed by atoms with Crippen molar-refractivity contribution in [2.45, 2.75) is 56.7 Å². The Morgan fingerprint density at radius 1 is 0.825 bits per heavy atom. The second-order valence-corrected chi connectivity index (χ2v) is 15.3. The topological polar surface area (TPSA) is 233 Å². The third kappa shape index (κ3) is 12.4. The van der Waals surface area contributed by atoms with Gasteiger partial charge < -0.3 is 30.4 Å². The summed E-state index contributed by atoms with van der Waals surface area (Å²) in [4.78, 5) is 83.8. The van der Waals surface area contributed by atoms with Crippen LogP contribution in [0.5, 0.6) is 5.75 Å². The van der Waals surface area contributed by atoms with Crippen molar-refractivity contribution in [1.29, 1.82) is 0 Å². The Hall–Kier alpha value is -5.72. The molecule has 1 saturated heterocycles. The minimum atomic E-state index is -4.78. The van der Waals surface area contributed by atoms with Gasteiger partial charge in [0.2, 0.25) is 35.4 Å². The first-order chi connectivity index (χ1) is 27.3. The van der Waals surface area contributed by atoms with Crippen LogP contribution < -0.4 is 25.5 Å². The molecule has 16 nitrogen and oxygen atoms in total. The van der Waals surface area contributed by atoms with E-state index in [1.807, 2.05) is 60.9 Å². The molecule has 0 bridgehead atoms. The number of benzene rings is 3. The third-order valence-corrected chi connectivity index (χ3v) is 10.3. The molecule has 0 aliphatic carbocycles. The predicted octanol–water partition coefficient (Wildman–Crippen LogP) is 1.85. The van der Waals surface area contributed by atoms with Gasteiger partial charge >= 0.3 is 10.4 Å². The molecule has 1 fully saturated rings. The normalized spacial score (nSPS) is 14.5. The third-order valence-electron chi connectivity index (χ3n) is 9.23. The molecule has 2 heterocycles. The Bertz CT molecular complexity index is 2160. The summed E-state index contributed by atoms with van der Waals surface area (Å²) in [6.45, 7) is -0.184. The molecule has 57 heavy (non-hydrogen) atoms. The number of nitrogens with one attached hydrogen (secondary N) is 5. The number of aromatic nitrogens is 1. The molecular formula is C39H44N6O10S2. The van der Waals surface area contributed by atoms with E-state index in [1.165, 1.54) is 36.0 Å². The Labute approximate surface area is 333 Å². The number of carbonyl (C=O) groups excluding carboxylic acids is 6. The van der Waals surface area contributed by atoms with Crippen LogP contribution in [0.4, 0.5) is 0 Å². The minimum absolute atomic E-state index is 0.0956. The summed E-state index contributed by atoms with van der Waals surface area (Å²) in [7, 11) is -4.78. The Morgan fingerprint density at radius 3 is 2.18 bits per heavy atom. The molecule has 0 unspecified atom stereocenters. The monoisotopic (exact) mass is 820 g/mol. The number of carbonyl (C=O) groups is 6. The molecule has 3 aromatic carbocycles. The van der Waals surface area contributed by atoms with Crippen molar-refractivity contribution in [3.63, 3.8) is 0 Å². The van der Waals surface area contributed by atoms with E-state index in [4.69, 9.17) is 4.55 Å². The van der Waals surface area contributed by atoms with Crippen molar-refractivity contribution in [3.05, 3.63) is 102 Å². The van der Waals surface area contributed by atoms with Gasteiger partial charge in [-0.15, -0.1) is 0 Å². The van der Waals surface area contributed by atoms with Crippen molar-refractivity contribution in [2.24, 2.45) is 0 Å². The van der Waals surface area contributed by atoms with Crippen LogP contribution in [0.25, 0.3) is 10.9 Å². The van der Waals surface area contributed by atoms with Gasteiger partial charge in [0.1, 0.15) is 23.9 Å². The molecule has 5 rings (SSSR count). The van der Waals surface area contributed by atoms with Gasteiger partial charge in [0, 0.05) is 49.3 Å². The van der Waals surface area contributed by atoms with Crippen LogP contribution in [0, 0.1) is 0 Å². The summed E-state index contributed by atoms with van der Waals surface area (Å²) in [5.41, 5.74) is 3.13. The minimum Gasteiger partial charge on any atom is -0.362 e. The number of imide groups is 1. The average molecular weight is 821 g/mol. The zero-order chi connectivity index (χ0) is 41.0. The predicted molar refractivity (Wildman–Crippen MR) is 212 cm³/mol. The number of nitrogens with zero attached hydrogens (tertiary/aromatic N) is 1. The number of para-hydroxylation sites is 1. The lowest BCUT2D eigenvalue weighted by atomic mass is 10.0. The van der Waals surface area contributed by atoms with Crippen molar-refractivity contribution in [2.75, 3.05) is 25.1 Å². The number of H-pyrrole nitrogens is 1. The molecule has 18 heteroatoms. The lowest BCUT2D eigenvalue weighted by Gasteiger charge is -2.28. The van der Waals surface area contributed by atoms with Gasteiger partial charge in [-0.2, -0.15) is 20.2 Å². The van der Waals surface area contributed by atoms with E-state index in [1.54, 1.807) is 6.20 Å². The lowest BCUT2D eigenvalue weighted by Crippen LogP contribution is -2.56. The fraction of sp³-hybridized carbons (Fsp3) is 0.333. The summed E-state index contributed by atoms with van der Waals surface area (Å²) in [5, 5.41) is 11.7. The van der Waals surface area contributed by atoms with Crippen LogP contribution in [-0.2, 0) is 58.4 Å². The quantitative estimate of drug-likeness (QED) is 0.0557. The number of amides is 6. The van der Waals surface area contributed by atoms with Gasteiger partial charge in [-0.3, -0.25) is 38.2 Å². The molecule has 1 aliphatic heterocycles. The van der Waals surface area contributed by atoms with Crippen molar-refractivity contribution in [1.82, 2.24) is 31.2 Å². The van der Waals surface area contributed by atoms with E-state index in [-0.39, 0.29) is 37.9 Å². The Kier molecular flexibility index (Phi) is 14.8. The Morgan fingerprint density at radius 2 is 1.49 bits per heavy atom. The summed E-state index contributed by atoms with van der Waals surface area (Å²) in [6, 6.07) is 18.9. The highest BCUT2D eigenvalue weighted by Gasteiger charge is 2.40. The number of rotatable bonds is 20. The van der Waals surface area contributed by atoms with E-state index in [9.17, 15) is 37.2 Å². The molecule has 3 atom stereocenters. The number of thioether (sulfide) groups is 1. The second-order valence-electron chi connectivity index (χ2n) is 13.3. The number of aromatic amines is 1. The van der Waals surface area contributed by atoms with Gasteiger partial charge in [-0.25, -0.2) is 0 Å². The molecular weight excluding hydrogens is 777 g/mol. The van der Waals surface area contributed by atoms with Crippen LogP contribution in [-0.4, -0.2) is 102 Å². The van der Waals surface area contributed by atoms with Gasteiger partial charge in [0.25, 0.3) is 0 Å². The van der Waals surface area contributed by atoms with E-state index in [0.717, 1.165) is 26.9 Å². The summed E-state index contributed by atoms with van der Waals surface area (Å²) in [6.07, 6.45) is 4.11. The summed E-state index contributed by atoms with van der Waals surface area (Å²) < 4.78 is 35.6. The molecule has 4 aromatic rings. The van der Waals surface area contributed by atoms with Gasteiger partial charge in [0.05, 0.1) is 6.54 Å². The largest absolute Gasteiger partial charge is 0.446 e. The van der Waals surface area contributed by atoms with Gasteiger partial charge in [0.15, 0.2) is 0 Å². The average Bonchev–Trinajstić information content (AvgIpc) is 3.75. The fourth-order valence-corrected chi connectivity index (χ4v) is 7.23. The Balaban J connectivity index is 1.25. The highest BCUT2D eigenvalue weighted by atomic mass is 32.3. The van der Waals surface area contributed by atoms with E-state index < -0.39 is 70.5 Å². The second kappa shape index (κ2) is 19.9. The van der Waals surface area contributed by atoms with Crippen LogP contribution in [0.1, 0.15) is 36.0 Å². The highest BCUT2D eigenvalue weighted by Crippen LogP contribution is 2.22. The standard InChI is InChI=1S/C39H44N6O10S2/c1-56-20-18-31(44-39(51)33(45-35(47)15-16-36(45)48)21-26-11-13-28(14-12-26)55-57(52,53)54)37(49)42-24-34(46)43-32(22-27-23-41-30-10-6-5-9-29(27)30)38(50)40-19-17-25-7-3-2-4-8-25/h2-14,23,31-33,41H,15-22,24H2,1H3,(H,40,50)(H,42,49)(H,43,46)(H,44,51)(H,52,53,54)/t31-,32-,33-/m0/s1. The van der Waals surface area contributed by atoms with Crippen LogP contribution in [0.15, 0.2) is 85.1 Å². The maximum absolute atomic E-state index is 13.8. The smallest absolute Gasteiger partial charge is 0.362 e. The summed E-state index contributed by atoms with van der Waals surface area (Å²) >= 11 is 1.41. The SMILES string of the molecule is CSCC[C@H](NC(=O)[C@H](Cc1ccc(OS(=O)(=O)O)cc1)N1C(=O)CCC1=O)C(=O)NCC(=O)N[C@@H](Cc1c[nH]c2ccccc12)C(=O)NCCc1ccccc1. The highest BCUT2D eigenvalue weighted by molar-refractivity contribution is 7.98. The van der Waals surface area contributed by atoms with Crippen LogP contribution >= 0.6 is 11.8 Å². The molecule has 0 radical (unpaired) electrons. The zero-order valence-electron chi connectivity index (χ0n) is 31.1. The molecule has 1 aliphatic rings. The van der Waals surface area contributed by atoms with E-state index in [0.29, 0.717) is 24.3 Å². The maximum Gasteiger partial charge on any atom is 0.446 e. The number of hydrogen-bond donors (Lipinski definition) is 6. The molecule has 302 valence electrons. The van der Waals surface area contributed by atoms with Crippen LogP contribution in [0.3, 0.4) is 0 Å². The van der Waals surface area contributed by atoms with Crippen molar-refractivity contribution >= 4 is 68.5 Å². The molecule has 6 N–H and O–H groups in total. The van der Waals surface area contributed by atoms with Crippen molar-refractivity contribution in [3.8, 4) is 5.75 Å². The van der Waals surface area contributed by atoms with Gasteiger partial charge in [-0.05, 0) is 59.7 Å². The summed E-state index contributed by atoms with van der Waals surface area (Å²) in [5.74, 6) is -3.46. The zero-order valence-corrected chi connectivity index (χ0v) is 32.7.